The van der Waals surface area contributed by atoms with Crippen LogP contribution in [0.2, 0.25) is 10.0 Å². The molecule has 1 aromatic carbocycles. The minimum Gasteiger partial charge on any atom is -0.489 e. The van der Waals surface area contributed by atoms with Crippen molar-refractivity contribution in [1.29, 1.82) is 0 Å². The SMILES string of the molecule is CC[C@H](Oc1ccc(Cl)cc1Cl)[C@H]1CCN(C(=O)OC(C)(C)C)C1. The van der Waals surface area contributed by atoms with Crippen molar-refractivity contribution < 1.29 is 14.3 Å². The molecule has 1 aliphatic heterocycles. The van der Waals surface area contributed by atoms with E-state index in [0.29, 0.717) is 28.9 Å². The van der Waals surface area contributed by atoms with Crippen molar-refractivity contribution in [1.82, 2.24) is 4.90 Å². The highest BCUT2D eigenvalue weighted by molar-refractivity contribution is 6.35. The Bertz CT molecular complexity index is 586. The second-order valence-corrected chi connectivity index (χ2v) is 7.96. The highest BCUT2D eigenvalue weighted by atomic mass is 35.5. The van der Waals surface area contributed by atoms with Crippen LogP contribution in [0.1, 0.15) is 40.5 Å². The van der Waals surface area contributed by atoms with Gasteiger partial charge in [0.25, 0.3) is 0 Å². The minimum atomic E-state index is -0.480. The fraction of sp³-hybridized carbons (Fsp3) is 0.611. The van der Waals surface area contributed by atoms with E-state index in [4.69, 9.17) is 32.7 Å². The van der Waals surface area contributed by atoms with Gasteiger partial charge in [-0.2, -0.15) is 0 Å². The molecule has 1 saturated heterocycles. The van der Waals surface area contributed by atoms with E-state index in [1.54, 1.807) is 23.1 Å². The van der Waals surface area contributed by atoms with E-state index >= 15 is 0 Å². The third kappa shape index (κ3) is 5.18. The molecule has 0 radical (unpaired) electrons. The van der Waals surface area contributed by atoms with Gasteiger partial charge in [-0.15, -0.1) is 0 Å². The molecule has 0 saturated carbocycles. The number of carbonyl (C=O) groups excluding carboxylic acids is 1. The van der Waals surface area contributed by atoms with E-state index in [1.165, 1.54) is 0 Å². The number of hydrogen-bond acceptors (Lipinski definition) is 3. The summed E-state index contributed by atoms with van der Waals surface area (Å²) in [6.07, 6.45) is 1.47. The molecular formula is C18H25Cl2NO3. The Morgan fingerprint density at radius 3 is 2.67 bits per heavy atom. The van der Waals surface area contributed by atoms with Crippen molar-refractivity contribution in [2.45, 2.75) is 52.2 Å². The average molecular weight is 374 g/mol. The molecule has 2 rings (SSSR count). The van der Waals surface area contributed by atoms with Gasteiger partial charge in [-0.05, 0) is 51.8 Å². The van der Waals surface area contributed by atoms with Gasteiger partial charge in [0.1, 0.15) is 17.5 Å². The average Bonchev–Trinajstić information content (AvgIpc) is 2.94. The summed E-state index contributed by atoms with van der Waals surface area (Å²) >= 11 is 12.1. The molecule has 24 heavy (non-hydrogen) atoms. The standard InChI is InChI=1S/C18H25Cl2NO3/c1-5-15(23-16-7-6-13(19)10-14(16)20)12-8-9-21(11-12)17(22)24-18(2,3)4/h6-7,10,12,15H,5,8-9,11H2,1-4H3/t12-,15-/m0/s1. The molecular weight excluding hydrogens is 349 g/mol. The van der Waals surface area contributed by atoms with Gasteiger partial charge in [0.2, 0.25) is 0 Å². The summed E-state index contributed by atoms with van der Waals surface area (Å²) in [4.78, 5) is 13.9. The van der Waals surface area contributed by atoms with Crippen LogP contribution >= 0.6 is 23.2 Å². The Hall–Kier alpha value is -1.13. The van der Waals surface area contributed by atoms with Crippen LogP contribution in [-0.2, 0) is 4.74 Å². The highest BCUT2D eigenvalue weighted by Gasteiger charge is 2.34. The number of amides is 1. The molecule has 134 valence electrons. The lowest BCUT2D eigenvalue weighted by molar-refractivity contribution is 0.0273. The van der Waals surface area contributed by atoms with E-state index in [-0.39, 0.29) is 18.1 Å². The molecule has 4 nitrogen and oxygen atoms in total. The molecule has 1 heterocycles. The van der Waals surface area contributed by atoms with Gasteiger partial charge < -0.3 is 14.4 Å². The Morgan fingerprint density at radius 1 is 1.38 bits per heavy atom. The number of halogens is 2. The van der Waals surface area contributed by atoms with Crippen LogP contribution < -0.4 is 4.74 Å². The number of carbonyl (C=O) groups is 1. The lowest BCUT2D eigenvalue weighted by atomic mass is 9.99. The maximum absolute atomic E-state index is 12.2. The van der Waals surface area contributed by atoms with Gasteiger partial charge in [0.05, 0.1) is 5.02 Å². The summed E-state index contributed by atoms with van der Waals surface area (Å²) < 4.78 is 11.5. The van der Waals surface area contributed by atoms with E-state index in [0.717, 1.165) is 12.8 Å². The zero-order chi connectivity index (χ0) is 17.9. The Kier molecular flexibility index (Phi) is 6.27. The fourth-order valence-corrected chi connectivity index (χ4v) is 3.28. The molecule has 1 fully saturated rings. The van der Waals surface area contributed by atoms with Crippen LogP contribution in [0.25, 0.3) is 0 Å². The van der Waals surface area contributed by atoms with E-state index in [9.17, 15) is 4.79 Å². The molecule has 0 bridgehead atoms. The third-order valence-electron chi connectivity index (χ3n) is 3.98. The van der Waals surface area contributed by atoms with E-state index < -0.39 is 5.60 Å². The molecule has 0 aromatic heterocycles. The maximum Gasteiger partial charge on any atom is 0.410 e. The van der Waals surface area contributed by atoms with Crippen molar-refractivity contribution in [3.8, 4) is 5.75 Å². The van der Waals surface area contributed by atoms with Crippen LogP contribution in [0.15, 0.2) is 18.2 Å². The van der Waals surface area contributed by atoms with Crippen LogP contribution in [0.5, 0.6) is 5.75 Å². The van der Waals surface area contributed by atoms with Crippen molar-refractivity contribution in [2.75, 3.05) is 13.1 Å². The minimum absolute atomic E-state index is 0.00360. The normalized spacial score (nSPS) is 19.2. The maximum atomic E-state index is 12.2. The molecule has 0 spiro atoms. The number of rotatable bonds is 4. The quantitative estimate of drug-likeness (QED) is 0.708. The van der Waals surface area contributed by atoms with Crippen LogP contribution in [0.3, 0.4) is 0 Å². The summed E-state index contributed by atoms with van der Waals surface area (Å²) in [5.74, 6) is 0.887. The largest absolute Gasteiger partial charge is 0.489 e. The molecule has 2 atom stereocenters. The van der Waals surface area contributed by atoms with Crippen molar-refractivity contribution >= 4 is 29.3 Å². The lowest BCUT2D eigenvalue weighted by Gasteiger charge is -2.26. The van der Waals surface area contributed by atoms with Gasteiger partial charge in [0.15, 0.2) is 0 Å². The van der Waals surface area contributed by atoms with Crippen LogP contribution in [0.4, 0.5) is 4.79 Å². The number of benzene rings is 1. The van der Waals surface area contributed by atoms with Crippen molar-refractivity contribution in [3.05, 3.63) is 28.2 Å². The zero-order valence-corrected chi connectivity index (χ0v) is 16.2. The first kappa shape index (κ1) is 19.2. The summed E-state index contributed by atoms with van der Waals surface area (Å²) in [6.45, 7) is 9.02. The fourth-order valence-electron chi connectivity index (χ4n) is 2.83. The first-order chi connectivity index (χ1) is 11.2. The van der Waals surface area contributed by atoms with Gasteiger partial charge in [0, 0.05) is 24.0 Å². The number of hydrogen-bond donors (Lipinski definition) is 0. The van der Waals surface area contributed by atoms with Gasteiger partial charge >= 0.3 is 6.09 Å². The third-order valence-corrected chi connectivity index (χ3v) is 4.51. The topological polar surface area (TPSA) is 38.8 Å². The molecule has 0 aliphatic carbocycles. The van der Waals surface area contributed by atoms with Crippen LogP contribution in [0, 0.1) is 5.92 Å². The Morgan fingerprint density at radius 2 is 2.08 bits per heavy atom. The predicted octanol–water partition coefficient (Wildman–Crippen LogP) is 5.41. The monoisotopic (exact) mass is 373 g/mol. The molecule has 0 N–H and O–H groups in total. The molecule has 1 amide bonds. The Labute approximate surface area is 154 Å². The van der Waals surface area contributed by atoms with Crippen molar-refractivity contribution in [2.24, 2.45) is 5.92 Å². The van der Waals surface area contributed by atoms with Crippen LogP contribution in [-0.4, -0.2) is 35.8 Å². The number of likely N-dealkylation sites (tertiary alicyclic amines) is 1. The van der Waals surface area contributed by atoms with E-state index in [1.807, 2.05) is 20.8 Å². The van der Waals surface area contributed by atoms with Crippen molar-refractivity contribution in [3.63, 3.8) is 0 Å². The molecule has 6 heteroatoms. The first-order valence-electron chi connectivity index (χ1n) is 8.29. The zero-order valence-electron chi connectivity index (χ0n) is 14.6. The predicted molar refractivity (Wildman–Crippen MR) is 97.1 cm³/mol. The molecule has 0 unspecified atom stereocenters. The first-order valence-corrected chi connectivity index (χ1v) is 9.05. The lowest BCUT2D eigenvalue weighted by Crippen LogP contribution is -2.37. The molecule has 1 aliphatic rings. The second-order valence-electron chi connectivity index (χ2n) is 7.11. The highest BCUT2D eigenvalue weighted by Crippen LogP contribution is 2.32. The number of nitrogens with zero attached hydrogens (tertiary/aromatic N) is 1. The van der Waals surface area contributed by atoms with E-state index in [2.05, 4.69) is 6.92 Å². The summed E-state index contributed by atoms with van der Waals surface area (Å²) in [5, 5.41) is 1.08. The molecule has 1 aromatic rings. The van der Waals surface area contributed by atoms with Gasteiger partial charge in [-0.25, -0.2) is 4.79 Å². The second kappa shape index (κ2) is 7.83. The summed E-state index contributed by atoms with van der Waals surface area (Å²) in [7, 11) is 0. The smallest absolute Gasteiger partial charge is 0.410 e. The van der Waals surface area contributed by atoms with Gasteiger partial charge in [-0.3, -0.25) is 0 Å². The number of ether oxygens (including phenoxy) is 2. The Balaban J connectivity index is 1.98. The summed E-state index contributed by atoms with van der Waals surface area (Å²) in [5.41, 5.74) is -0.480. The summed E-state index contributed by atoms with van der Waals surface area (Å²) in [6, 6.07) is 5.22. The van der Waals surface area contributed by atoms with Gasteiger partial charge in [-0.1, -0.05) is 30.1 Å².